The number of carbonyl (C=O) groups is 2. The molecule has 31 heavy (non-hydrogen) atoms. The van der Waals surface area contributed by atoms with Crippen molar-refractivity contribution in [1.29, 1.82) is 0 Å². The summed E-state index contributed by atoms with van der Waals surface area (Å²) < 4.78 is 27.2. The lowest BCUT2D eigenvalue weighted by molar-refractivity contribution is -0.142. The second-order valence-electron chi connectivity index (χ2n) is 7.92. The Bertz CT molecular complexity index is 1060. The van der Waals surface area contributed by atoms with Gasteiger partial charge in [-0.1, -0.05) is 48.5 Å². The molecule has 2 heterocycles. The van der Waals surface area contributed by atoms with E-state index < -0.39 is 16.1 Å². The lowest BCUT2D eigenvalue weighted by Gasteiger charge is -2.34. The van der Waals surface area contributed by atoms with Crippen molar-refractivity contribution in [3.63, 3.8) is 0 Å². The molecule has 2 aliphatic heterocycles. The number of carbonyl (C=O) groups excluding carboxylic acids is 2. The molecule has 8 heteroatoms. The Hall–Kier alpha value is -2.87. The van der Waals surface area contributed by atoms with Gasteiger partial charge in [-0.3, -0.25) is 13.9 Å². The van der Waals surface area contributed by atoms with Crippen molar-refractivity contribution >= 4 is 27.5 Å². The van der Waals surface area contributed by atoms with E-state index in [1.807, 2.05) is 54.6 Å². The van der Waals surface area contributed by atoms with Crippen LogP contribution < -0.4 is 9.62 Å². The van der Waals surface area contributed by atoms with Crippen molar-refractivity contribution in [2.45, 2.75) is 31.7 Å². The quantitative estimate of drug-likeness (QED) is 0.714. The van der Waals surface area contributed by atoms with Gasteiger partial charge in [-0.15, -0.1) is 0 Å². The topological polar surface area (TPSA) is 86.8 Å². The summed E-state index contributed by atoms with van der Waals surface area (Å²) in [5.41, 5.74) is 2.46. The van der Waals surface area contributed by atoms with Crippen LogP contribution >= 0.6 is 0 Å². The van der Waals surface area contributed by atoms with Gasteiger partial charge in [0.1, 0.15) is 6.04 Å². The van der Waals surface area contributed by atoms with E-state index >= 15 is 0 Å². The zero-order chi connectivity index (χ0) is 21.8. The van der Waals surface area contributed by atoms with E-state index in [1.165, 1.54) is 4.31 Å². The predicted octanol–water partition coefficient (Wildman–Crippen LogP) is 2.25. The van der Waals surface area contributed by atoms with Crippen LogP contribution in [0.5, 0.6) is 0 Å². The largest absolute Gasteiger partial charge is 0.353 e. The monoisotopic (exact) mass is 441 g/mol. The Labute approximate surface area is 183 Å². The summed E-state index contributed by atoms with van der Waals surface area (Å²) in [6, 6.07) is 15.9. The SMILES string of the molecule is O=C(NCCS(=O)(=O)N1CCc2ccccc21)C(c1ccccc1)N1CCCCC1=O. The van der Waals surface area contributed by atoms with Crippen molar-refractivity contribution in [3.05, 3.63) is 65.7 Å². The van der Waals surface area contributed by atoms with Crippen molar-refractivity contribution < 1.29 is 18.0 Å². The molecule has 0 aromatic heterocycles. The number of rotatable bonds is 7. The molecule has 2 aromatic rings. The molecule has 4 rings (SSSR count). The number of nitrogens with zero attached hydrogens (tertiary/aromatic N) is 2. The minimum absolute atomic E-state index is 0.00873. The maximum absolute atomic E-state index is 13.1. The van der Waals surface area contributed by atoms with Crippen LogP contribution in [-0.4, -0.2) is 50.5 Å². The van der Waals surface area contributed by atoms with Crippen LogP contribution in [0.2, 0.25) is 0 Å². The third-order valence-corrected chi connectivity index (χ3v) is 7.65. The first-order chi connectivity index (χ1) is 15.0. The number of fused-ring (bicyclic) bond motifs is 1. The van der Waals surface area contributed by atoms with Crippen molar-refractivity contribution in [2.24, 2.45) is 0 Å². The summed E-state index contributed by atoms with van der Waals surface area (Å²) in [5, 5.41) is 2.76. The van der Waals surface area contributed by atoms with Gasteiger partial charge in [-0.2, -0.15) is 0 Å². The molecule has 0 saturated carbocycles. The van der Waals surface area contributed by atoms with Gasteiger partial charge in [0.2, 0.25) is 21.8 Å². The number of piperidine rings is 1. The van der Waals surface area contributed by atoms with E-state index in [2.05, 4.69) is 5.32 Å². The van der Waals surface area contributed by atoms with E-state index in [4.69, 9.17) is 0 Å². The highest BCUT2D eigenvalue weighted by Gasteiger charge is 2.33. The minimum Gasteiger partial charge on any atom is -0.353 e. The summed E-state index contributed by atoms with van der Waals surface area (Å²) in [6.45, 7) is 0.935. The summed E-state index contributed by atoms with van der Waals surface area (Å²) in [6.07, 6.45) is 2.80. The number of anilines is 1. The Balaban J connectivity index is 1.44. The molecule has 7 nitrogen and oxygen atoms in total. The van der Waals surface area contributed by atoms with Gasteiger partial charge >= 0.3 is 0 Å². The molecule has 164 valence electrons. The Morgan fingerprint density at radius 1 is 0.968 bits per heavy atom. The van der Waals surface area contributed by atoms with Crippen molar-refractivity contribution in [3.8, 4) is 0 Å². The van der Waals surface area contributed by atoms with Crippen molar-refractivity contribution in [2.75, 3.05) is 29.7 Å². The molecule has 0 spiro atoms. The molecule has 2 aliphatic rings. The van der Waals surface area contributed by atoms with Gasteiger partial charge in [0.25, 0.3) is 0 Å². The van der Waals surface area contributed by atoms with E-state index in [9.17, 15) is 18.0 Å². The fraction of sp³-hybridized carbons (Fsp3) is 0.391. The van der Waals surface area contributed by atoms with Crippen LogP contribution in [0.4, 0.5) is 5.69 Å². The standard InChI is InChI=1S/C23H27N3O4S/c27-21-12-6-7-15-25(21)22(19-9-2-1-3-10-19)23(28)24-14-17-31(29,30)26-16-13-18-8-4-5-11-20(18)26/h1-5,8-11,22H,6-7,12-17H2,(H,24,28). The van der Waals surface area contributed by atoms with Gasteiger partial charge < -0.3 is 10.2 Å². The van der Waals surface area contributed by atoms with Crippen LogP contribution in [0.25, 0.3) is 0 Å². The zero-order valence-corrected chi connectivity index (χ0v) is 18.2. The maximum atomic E-state index is 13.1. The van der Waals surface area contributed by atoms with Gasteiger partial charge in [-0.05, 0) is 36.5 Å². The van der Waals surface area contributed by atoms with Crippen LogP contribution in [0, 0.1) is 0 Å². The molecular formula is C23H27N3O4S. The molecule has 2 amide bonds. The van der Waals surface area contributed by atoms with Gasteiger partial charge in [0, 0.05) is 26.1 Å². The molecule has 0 radical (unpaired) electrons. The Morgan fingerprint density at radius 3 is 2.48 bits per heavy atom. The van der Waals surface area contributed by atoms with Gasteiger partial charge in [0.05, 0.1) is 11.4 Å². The van der Waals surface area contributed by atoms with Gasteiger partial charge in [0.15, 0.2) is 0 Å². The van der Waals surface area contributed by atoms with E-state index in [-0.39, 0.29) is 24.1 Å². The van der Waals surface area contributed by atoms with E-state index in [0.29, 0.717) is 25.9 Å². The third-order valence-electron chi connectivity index (χ3n) is 5.87. The maximum Gasteiger partial charge on any atom is 0.247 e. The molecule has 0 bridgehead atoms. The molecular weight excluding hydrogens is 414 g/mol. The first-order valence-corrected chi connectivity index (χ1v) is 12.3. The first-order valence-electron chi connectivity index (χ1n) is 10.7. The molecule has 1 N–H and O–H groups in total. The van der Waals surface area contributed by atoms with Crippen LogP contribution in [-0.2, 0) is 26.0 Å². The molecule has 1 atom stereocenters. The lowest BCUT2D eigenvalue weighted by Crippen LogP contribution is -2.47. The summed E-state index contributed by atoms with van der Waals surface area (Å²) in [5.74, 6) is -0.585. The van der Waals surface area contributed by atoms with Crippen LogP contribution in [0.3, 0.4) is 0 Å². The molecule has 0 aliphatic carbocycles. The first kappa shape index (κ1) is 21.4. The number of likely N-dealkylation sites (tertiary alicyclic amines) is 1. The lowest BCUT2D eigenvalue weighted by atomic mass is 10.0. The summed E-state index contributed by atoms with van der Waals surface area (Å²) in [4.78, 5) is 27.2. The average Bonchev–Trinajstić information content (AvgIpc) is 3.21. The number of hydrogen-bond donors (Lipinski definition) is 1. The molecule has 1 fully saturated rings. The predicted molar refractivity (Wildman–Crippen MR) is 119 cm³/mol. The number of para-hydroxylation sites is 1. The average molecular weight is 442 g/mol. The highest BCUT2D eigenvalue weighted by Crippen LogP contribution is 2.30. The summed E-state index contributed by atoms with van der Waals surface area (Å²) in [7, 11) is -3.56. The normalized spacial score (nSPS) is 17.4. The van der Waals surface area contributed by atoms with Crippen LogP contribution in [0.1, 0.15) is 36.4 Å². The second kappa shape index (κ2) is 9.09. The summed E-state index contributed by atoms with van der Waals surface area (Å²) >= 11 is 0. The molecule has 1 saturated heterocycles. The second-order valence-corrected chi connectivity index (χ2v) is 9.93. The number of amides is 2. The highest BCUT2D eigenvalue weighted by atomic mass is 32.2. The van der Waals surface area contributed by atoms with Crippen LogP contribution in [0.15, 0.2) is 54.6 Å². The van der Waals surface area contributed by atoms with Crippen molar-refractivity contribution in [1.82, 2.24) is 10.2 Å². The molecule has 2 aromatic carbocycles. The smallest absolute Gasteiger partial charge is 0.247 e. The Morgan fingerprint density at radius 2 is 1.71 bits per heavy atom. The number of benzene rings is 2. The Kier molecular flexibility index (Phi) is 6.27. The number of hydrogen-bond acceptors (Lipinski definition) is 4. The minimum atomic E-state index is -3.56. The van der Waals surface area contributed by atoms with E-state index in [1.54, 1.807) is 4.90 Å². The van der Waals surface area contributed by atoms with Gasteiger partial charge in [-0.25, -0.2) is 8.42 Å². The fourth-order valence-corrected chi connectivity index (χ4v) is 5.74. The number of nitrogens with one attached hydrogen (secondary N) is 1. The highest BCUT2D eigenvalue weighted by molar-refractivity contribution is 7.92. The zero-order valence-electron chi connectivity index (χ0n) is 17.4. The molecule has 1 unspecified atom stereocenters. The van der Waals surface area contributed by atoms with E-state index in [0.717, 1.165) is 29.7 Å². The fourth-order valence-electron chi connectivity index (χ4n) is 4.31. The number of sulfonamides is 1. The third kappa shape index (κ3) is 4.58.